The Morgan fingerprint density at radius 2 is 1.67 bits per heavy atom. The van der Waals surface area contributed by atoms with Gasteiger partial charge in [0.15, 0.2) is 0 Å². The Labute approximate surface area is 178 Å². The zero-order chi connectivity index (χ0) is 21.8. The van der Waals surface area contributed by atoms with Crippen LogP contribution < -0.4 is 4.74 Å². The average Bonchev–Trinajstić information content (AvgIpc) is 3.43. The molecule has 30 heavy (non-hydrogen) atoms. The Kier molecular flexibility index (Phi) is 6.49. The van der Waals surface area contributed by atoms with Crippen LogP contribution in [-0.2, 0) is 32.1 Å². The van der Waals surface area contributed by atoms with Crippen molar-refractivity contribution in [3.05, 3.63) is 65.7 Å². The van der Waals surface area contributed by atoms with E-state index in [1.807, 2.05) is 75.4 Å². The van der Waals surface area contributed by atoms with Crippen LogP contribution in [0.1, 0.15) is 45.2 Å². The number of ether oxygens (including phenoxy) is 3. The first-order chi connectivity index (χ1) is 14.2. The highest BCUT2D eigenvalue weighted by Crippen LogP contribution is 2.56. The molecule has 0 aromatic heterocycles. The van der Waals surface area contributed by atoms with Crippen LogP contribution >= 0.6 is 0 Å². The third kappa shape index (κ3) is 5.41. The average molecular weight is 411 g/mol. The maximum absolute atomic E-state index is 12.7. The van der Waals surface area contributed by atoms with Crippen molar-refractivity contribution in [2.24, 2.45) is 11.3 Å². The summed E-state index contributed by atoms with van der Waals surface area (Å²) in [5.41, 5.74) is 0.630. The zero-order valence-corrected chi connectivity index (χ0v) is 18.1. The topological polar surface area (TPSA) is 61.8 Å². The first kappa shape index (κ1) is 21.9. The van der Waals surface area contributed by atoms with Gasteiger partial charge in [0, 0.05) is 0 Å². The van der Waals surface area contributed by atoms with E-state index in [4.69, 9.17) is 14.2 Å². The summed E-state index contributed by atoms with van der Waals surface area (Å²) in [5, 5.41) is 0. The number of hydrogen-bond acceptors (Lipinski definition) is 5. The van der Waals surface area contributed by atoms with Gasteiger partial charge in [-0.3, -0.25) is 9.59 Å². The second kappa shape index (κ2) is 8.90. The van der Waals surface area contributed by atoms with Crippen molar-refractivity contribution >= 4 is 11.9 Å². The van der Waals surface area contributed by atoms with Gasteiger partial charge in [-0.2, -0.15) is 0 Å². The molecule has 0 radical (unpaired) electrons. The second-order valence-corrected chi connectivity index (χ2v) is 8.76. The van der Waals surface area contributed by atoms with E-state index in [-0.39, 0.29) is 18.5 Å². The van der Waals surface area contributed by atoms with Gasteiger partial charge in [-0.25, -0.2) is 0 Å². The van der Waals surface area contributed by atoms with Crippen molar-refractivity contribution in [3.8, 4) is 5.75 Å². The first-order valence-corrected chi connectivity index (χ1v) is 10.4. The van der Waals surface area contributed by atoms with E-state index in [2.05, 4.69) is 0 Å². The molecule has 2 aromatic carbocycles. The second-order valence-electron chi connectivity index (χ2n) is 8.76. The van der Waals surface area contributed by atoms with E-state index in [9.17, 15) is 9.59 Å². The lowest BCUT2D eigenvalue weighted by Gasteiger charge is -2.21. The van der Waals surface area contributed by atoms with Gasteiger partial charge in [-0.05, 0) is 63.8 Å². The van der Waals surface area contributed by atoms with Crippen molar-refractivity contribution in [1.29, 1.82) is 0 Å². The van der Waals surface area contributed by atoms with Gasteiger partial charge in [-0.15, -0.1) is 0 Å². The third-order valence-corrected chi connectivity index (χ3v) is 5.14. The minimum atomic E-state index is -0.843. The first-order valence-electron chi connectivity index (χ1n) is 10.4. The van der Waals surface area contributed by atoms with Crippen molar-refractivity contribution in [3.63, 3.8) is 0 Å². The largest absolute Gasteiger partial charge is 0.489 e. The molecule has 2 aromatic rings. The van der Waals surface area contributed by atoms with Gasteiger partial charge in [0.05, 0.1) is 17.9 Å². The molecule has 1 saturated carbocycles. The lowest BCUT2D eigenvalue weighted by molar-refractivity contribution is -0.162. The highest BCUT2D eigenvalue weighted by atomic mass is 16.6. The highest BCUT2D eigenvalue weighted by molar-refractivity contribution is 5.91. The number of carbonyl (C=O) groups is 2. The molecule has 1 fully saturated rings. The summed E-state index contributed by atoms with van der Waals surface area (Å²) < 4.78 is 16.6. The number of rotatable bonds is 8. The summed E-state index contributed by atoms with van der Waals surface area (Å²) in [6.45, 7) is 8.03. The van der Waals surface area contributed by atoms with E-state index in [0.29, 0.717) is 19.4 Å². The van der Waals surface area contributed by atoms with Crippen LogP contribution in [0.4, 0.5) is 0 Å². The van der Waals surface area contributed by atoms with E-state index in [1.54, 1.807) is 6.92 Å². The van der Waals surface area contributed by atoms with Crippen molar-refractivity contribution in [2.75, 3.05) is 6.61 Å². The Morgan fingerprint density at radius 3 is 2.27 bits per heavy atom. The Bertz CT molecular complexity index is 867. The quantitative estimate of drug-likeness (QED) is 0.589. The van der Waals surface area contributed by atoms with Crippen LogP contribution in [0.3, 0.4) is 0 Å². The van der Waals surface area contributed by atoms with Gasteiger partial charge in [0.2, 0.25) is 0 Å². The molecule has 0 aliphatic heterocycles. The van der Waals surface area contributed by atoms with Gasteiger partial charge in [-0.1, -0.05) is 42.5 Å². The number of esters is 2. The summed E-state index contributed by atoms with van der Waals surface area (Å²) in [7, 11) is 0. The lowest BCUT2D eigenvalue weighted by atomic mass is 9.93. The van der Waals surface area contributed by atoms with Crippen molar-refractivity contribution in [1.82, 2.24) is 0 Å². The predicted molar refractivity (Wildman–Crippen MR) is 114 cm³/mol. The van der Waals surface area contributed by atoms with E-state index in [1.165, 1.54) is 0 Å². The summed E-state index contributed by atoms with van der Waals surface area (Å²) in [6, 6.07) is 17.6. The Hall–Kier alpha value is -2.82. The minimum absolute atomic E-state index is 0.286. The number of carbonyl (C=O) groups excluding carboxylic acids is 2. The fraction of sp³-hybridized carbons (Fsp3) is 0.440. The summed E-state index contributed by atoms with van der Waals surface area (Å²) in [6.07, 6.45) is 0.891. The number of benzene rings is 2. The SMILES string of the molecule is CCOC(=O)[C@@]1(Cc2ccc(OCc3ccccc3)cc2)C[C@H]1C(=O)OC(C)(C)C. The van der Waals surface area contributed by atoms with Crippen LogP contribution in [0.25, 0.3) is 0 Å². The van der Waals surface area contributed by atoms with Crippen LogP contribution in [0.15, 0.2) is 54.6 Å². The summed E-state index contributed by atoms with van der Waals surface area (Å²) >= 11 is 0. The molecule has 5 heteroatoms. The van der Waals surface area contributed by atoms with Crippen LogP contribution in [0.5, 0.6) is 5.75 Å². The number of hydrogen-bond donors (Lipinski definition) is 0. The molecular formula is C25H30O5. The zero-order valence-electron chi connectivity index (χ0n) is 18.1. The van der Waals surface area contributed by atoms with Gasteiger partial charge >= 0.3 is 11.9 Å². The van der Waals surface area contributed by atoms with Gasteiger partial charge < -0.3 is 14.2 Å². The molecular weight excluding hydrogens is 380 g/mol. The molecule has 0 unspecified atom stereocenters. The standard InChI is InChI=1S/C25H30O5/c1-5-28-23(27)25(16-21(25)22(26)30-24(2,3)4)15-18-11-13-20(14-12-18)29-17-19-9-7-6-8-10-19/h6-14,21H,5,15-17H2,1-4H3/t21-,25-/m0/s1. The maximum Gasteiger partial charge on any atom is 0.313 e. The maximum atomic E-state index is 12.7. The molecule has 1 aliphatic rings. The molecule has 2 atom stereocenters. The smallest absolute Gasteiger partial charge is 0.313 e. The van der Waals surface area contributed by atoms with E-state index < -0.39 is 16.9 Å². The molecule has 5 nitrogen and oxygen atoms in total. The fourth-order valence-electron chi connectivity index (χ4n) is 3.56. The van der Waals surface area contributed by atoms with E-state index >= 15 is 0 Å². The molecule has 0 spiro atoms. The highest BCUT2D eigenvalue weighted by Gasteiger charge is 2.65. The summed E-state index contributed by atoms with van der Waals surface area (Å²) in [5.74, 6) is -0.374. The van der Waals surface area contributed by atoms with Crippen LogP contribution in [0.2, 0.25) is 0 Å². The van der Waals surface area contributed by atoms with Crippen LogP contribution in [-0.4, -0.2) is 24.1 Å². The van der Waals surface area contributed by atoms with Crippen molar-refractivity contribution < 1.29 is 23.8 Å². The normalized spacial score (nSPS) is 20.3. The third-order valence-electron chi connectivity index (χ3n) is 5.14. The molecule has 3 rings (SSSR count). The molecule has 0 saturated heterocycles. The summed E-state index contributed by atoms with van der Waals surface area (Å²) in [4.78, 5) is 25.2. The predicted octanol–water partition coefficient (Wildman–Crippen LogP) is 4.72. The fourth-order valence-corrected chi connectivity index (χ4v) is 3.56. The lowest BCUT2D eigenvalue weighted by Crippen LogP contribution is -2.30. The molecule has 1 aliphatic carbocycles. The molecule has 0 heterocycles. The monoisotopic (exact) mass is 410 g/mol. The molecule has 160 valence electrons. The van der Waals surface area contributed by atoms with Gasteiger partial charge in [0.1, 0.15) is 18.0 Å². The van der Waals surface area contributed by atoms with E-state index in [0.717, 1.165) is 16.9 Å². The van der Waals surface area contributed by atoms with Crippen molar-refractivity contribution in [2.45, 2.75) is 52.7 Å². The molecule has 0 amide bonds. The molecule has 0 N–H and O–H groups in total. The van der Waals surface area contributed by atoms with Crippen LogP contribution in [0, 0.1) is 11.3 Å². The Morgan fingerprint density at radius 1 is 1.00 bits per heavy atom. The minimum Gasteiger partial charge on any atom is -0.489 e. The molecule has 0 bridgehead atoms. The van der Waals surface area contributed by atoms with Gasteiger partial charge in [0.25, 0.3) is 0 Å². The Balaban J connectivity index is 1.66.